The molecule has 1 heterocycles. The molecule has 1 aliphatic heterocycles. The van der Waals surface area contributed by atoms with E-state index in [0.29, 0.717) is 39.8 Å². The number of hydrogen-bond acceptors (Lipinski definition) is 6. The molecule has 0 bridgehead atoms. The van der Waals surface area contributed by atoms with Crippen LogP contribution in [0.25, 0.3) is 0 Å². The maximum absolute atomic E-state index is 13.0. The molecule has 4 rings (SSSR count). The molecule has 31 heavy (non-hydrogen) atoms. The van der Waals surface area contributed by atoms with E-state index in [9.17, 15) is 9.59 Å². The average molecular weight is 419 g/mol. The van der Waals surface area contributed by atoms with Crippen molar-refractivity contribution in [3.63, 3.8) is 0 Å². The van der Waals surface area contributed by atoms with Gasteiger partial charge in [-0.15, -0.1) is 0 Å². The summed E-state index contributed by atoms with van der Waals surface area (Å²) in [5, 5.41) is 2.69. The topological polar surface area (TPSA) is 83.1 Å². The highest BCUT2D eigenvalue weighted by Gasteiger charge is 2.33. The number of ether oxygens (including phenoxy) is 4. The Balaban J connectivity index is 1.48. The normalized spacial score (nSPS) is 12.1. The minimum atomic E-state index is -0.675. The Bertz CT molecular complexity index is 1060. The molecule has 0 aromatic heterocycles. The van der Waals surface area contributed by atoms with Crippen LogP contribution in [0.2, 0.25) is 0 Å². The summed E-state index contributed by atoms with van der Waals surface area (Å²) < 4.78 is 21.7. The first-order valence-corrected chi connectivity index (χ1v) is 9.64. The fraction of sp³-hybridized carbons (Fsp3) is 0.167. The number of anilines is 1. The van der Waals surface area contributed by atoms with E-state index in [-0.39, 0.29) is 0 Å². The molecule has 1 amide bonds. The van der Waals surface area contributed by atoms with Crippen molar-refractivity contribution in [2.75, 3.05) is 26.1 Å². The lowest BCUT2D eigenvalue weighted by molar-refractivity contribution is -0.148. The fourth-order valence-corrected chi connectivity index (χ4v) is 3.46. The summed E-state index contributed by atoms with van der Waals surface area (Å²) in [5.74, 6) is 0.570. The first kappa shape index (κ1) is 20.3. The summed E-state index contributed by atoms with van der Waals surface area (Å²) in [6.07, 6.45) is 0. The Labute approximate surface area is 179 Å². The van der Waals surface area contributed by atoms with Crippen LogP contribution in [-0.4, -0.2) is 32.7 Å². The van der Waals surface area contributed by atoms with Gasteiger partial charge in [-0.3, -0.25) is 9.59 Å². The molecule has 7 heteroatoms. The summed E-state index contributed by atoms with van der Waals surface area (Å²) in [7, 11) is 3.04. The zero-order valence-corrected chi connectivity index (χ0v) is 17.1. The lowest BCUT2D eigenvalue weighted by atomic mass is 9.88. The Morgan fingerprint density at radius 1 is 0.871 bits per heavy atom. The van der Waals surface area contributed by atoms with E-state index in [1.807, 2.05) is 36.4 Å². The number of esters is 1. The van der Waals surface area contributed by atoms with Crippen molar-refractivity contribution >= 4 is 17.6 Å². The van der Waals surface area contributed by atoms with Crippen LogP contribution in [0.3, 0.4) is 0 Å². The SMILES string of the molecule is COc1cc(NC(=O)COC(=O)C2c3ccccc3Oc3ccccc32)cc(OC)c1. The van der Waals surface area contributed by atoms with Gasteiger partial charge in [0.1, 0.15) is 28.9 Å². The smallest absolute Gasteiger partial charge is 0.318 e. The van der Waals surface area contributed by atoms with Gasteiger partial charge in [-0.05, 0) is 12.1 Å². The third-order valence-electron chi connectivity index (χ3n) is 4.90. The Morgan fingerprint density at radius 3 is 1.97 bits per heavy atom. The van der Waals surface area contributed by atoms with Gasteiger partial charge < -0.3 is 24.3 Å². The van der Waals surface area contributed by atoms with Gasteiger partial charge in [0.15, 0.2) is 6.61 Å². The van der Waals surface area contributed by atoms with Gasteiger partial charge in [0, 0.05) is 35.0 Å². The minimum Gasteiger partial charge on any atom is -0.497 e. The monoisotopic (exact) mass is 419 g/mol. The standard InChI is InChI=1S/C24H21NO6/c1-28-16-11-15(12-17(13-16)29-2)25-22(26)14-30-24(27)23-18-7-3-5-9-20(18)31-21-10-6-4-8-19(21)23/h3-13,23H,14H2,1-2H3,(H,25,26). The predicted molar refractivity (Wildman–Crippen MR) is 114 cm³/mol. The molecule has 0 saturated heterocycles. The second-order valence-electron chi connectivity index (χ2n) is 6.87. The Morgan fingerprint density at radius 2 is 1.42 bits per heavy atom. The Kier molecular flexibility index (Phi) is 5.75. The quantitative estimate of drug-likeness (QED) is 0.605. The molecular formula is C24H21NO6. The first-order chi connectivity index (χ1) is 15.1. The van der Waals surface area contributed by atoms with Gasteiger partial charge in [0.25, 0.3) is 5.91 Å². The molecule has 0 aliphatic carbocycles. The van der Waals surface area contributed by atoms with Crippen LogP contribution >= 0.6 is 0 Å². The van der Waals surface area contributed by atoms with E-state index in [0.717, 1.165) is 0 Å². The largest absolute Gasteiger partial charge is 0.497 e. The highest BCUT2D eigenvalue weighted by molar-refractivity contribution is 5.94. The van der Waals surface area contributed by atoms with Crippen molar-refractivity contribution in [3.8, 4) is 23.0 Å². The molecule has 0 spiro atoms. The number of benzene rings is 3. The van der Waals surface area contributed by atoms with Crippen LogP contribution in [0.15, 0.2) is 66.7 Å². The van der Waals surface area contributed by atoms with Crippen LogP contribution in [0, 0.1) is 0 Å². The van der Waals surface area contributed by atoms with Crippen molar-refractivity contribution in [1.82, 2.24) is 0 Å². The second-order valence-corrected chi connectivity index (χ2v) is 6.87. The highest BCUT2D eigenvalue weighted by atomic mass is 16.5. The maximum Gasteiger partial charge on any atom is 0.318 e. The van der Waals surface area contributed by atoms with Crippen LogP contribution in [0.1, 0.15) is 17.0 Å². The molecule has 7 nitrogen and oxygen atoms in total. The third-order valence-corrected chi connectivity index (χ3v) is 4.90. The molecular weight excluding hydrogens is 398 g/mol. The van der Waals surface area contributed by atoms with Crippen molar-refractivity contribution in [1.29, 1.82) is 0 Å². The lowest BCUT2D eigenvalue weighted by Gasteiger charge is -2.26. The summed E-state index contributed by atoms with van der Waals surface area (Å²) in [6, 6.07) is 19.6. The van der Waals surface area contributed by atoms with Crippen LogP contribution in [-0.2, 0) is 14.3 Å². The summed E-state index contributed by atoms with van der Waals surface area (Å²) in [4.78, 5) is 25.4. The van der Waals surface area contributed by atoms with Crippen molar-refractivity contribution in [2.24, 2.45) is 0 Å². The zero-order valence-electron chi connectivity index (χ0n) is 17.1. The molecule has 158 valence electrons. The second kappa shape index (κ2) is 8.79. The number of para-hydroxylation sites is 2. The lowest BCUT2D eigenvalue weighted by Crippen LogP contribution is -2.26. The zero-order chi connectivity index (χ0) is 21.8. The van der Waals surface area contributed by atoms with E-state index in [4.69, 9.17) is 18.9 Å². The predicted octanol–water partition coefficient (Wildman–Crippen LogP) is 4.12. The number of carbonyl (C=O) groups excluding carboxylic acids is 2. The van der Waals surface area contributed by atoms with Gasteiger partial charge in [0.05, 0.1) is 14.2 Å². The highest BCUT2D eigenvalue weighted by Crippen LogP contribution is 2.44. The van der Waals surface area contributed by atoms with Gasteiger partial charge in [-0.2, -0.15) is 0 Å². The van der Waals surface area contributed by atoms with Gasteiger partial charge >= 0.3 is 5.97 Å². The molecule has 1 aliphatic rings. The third kappa shape index (κ3) is 4.30. The first-order valence-electron chi connectivity index (χ1n) is 9.64. The summed E-state index contributed by atoms with van der Waals surface area (Å²) in [6.45, 7) is -0.431. The summed E-state index contributed by atoms with van der Waals surface area (Å²) >= 11 is 0. The van der Waals surface area contributed by atoms with E-state index >= 15 is 0 Å². The van der Waals surface area contributed by atoms with Crippen LogP contribution < -0.4 is 19.5 Å². The molecule has 1 N–H and O–H groups in total. The molecule has 0 atom stereocenters. The Hall–Kier alpha value is -4.00. The van der Waals surface area contributed by atoms with Crippen molar-refractivity contribution in [2.45, 2.75) is 5.92 Å². The van der Waals surface area contributed by atoms with E-state index in [1.165, 1.54) is 14.2 Å². The van der Waals surface area contributed by atoms with E-state index in [1.54, 1.807) is 30.3 Å². The molecule has 0 fully saturated rings. The van der Waals surface area contributed by atoms with Crippen LogP contribution in [0.5, 0.6) is 23.0 Å². The van der Waals surface area contributed by atoms with Crippen molar-refractivity contribution < 1.29 is 28.5 Å². The van der Waals surface area contributed by atoms with E-state index < -0.39 is 24.4 Å². The molecule has 3 aromatic carbocycles. The average Bonchev–Trinajstić information content (AvgIpc) is 2.80. The number of carbonyl (C=O) groups is 2. The molecule has 3 aromatic rings. The minimum absolute atomic E-state index is 0.431. The maximum atomic E-state index is 13.0. The van der Waals surface area contributed by atoms with Crippen molar-refractivity contribution in [3.05, 3.63) is 77.9 Å². The number of hydrogen-bond donors (Lipinski definition) is 1. The number of nitrogens with one attached hydrogen (secondary N) is 1. The number of methoxy groups -OCH3 is 2. The molecule has 0 saturated carbocycles. The molecule has 0 radical (unpaired) electrons. The fourth-order valence-electron chi connectivity index (χ4n) is 3.46. The number of amides is 1. The summed E-state index contributed by atoms with van der Waals surface area (Å²) in [5.41, 5.74) is 1.87. The number of rotatable bonds is 6. The van der Waals surface area contributed by atoms with E-state index in [2.05, 4.69) is 5.32 Å². The molecule has 0 unspecified atom stereocenters. The van der Waals surface area contributed by atoms with Crippen LogP contribution in [0.4, 0.5) is 5.69 Å². The number of fused-ring (bicyclic) bond motifs is 2. The van der Waals surface area contributed by atoms with Gasteiger partial charge in [0.2, 0.25) is 0 Å². The van der Waals surface area contributed by atoms with Gasteiger partial charge in [-0.1, -0.05) is 36.4 Å². The van der Waals surface area contributed by atoms with Gasteiger partial charge in [-0.25, -0.2) is 0 Å².